The van der Waals surface area contributed by atoms with Crippen molar-refractivity contribution < 1.29 is 53.5 Å². The third-order valence-electron chi connectivity index (χ3n) is 20.9. The summed E-state index contributed by atoms with van der Waals surface area (Å²) in [5.74, 6) is 0.893. The second-order valence-electron chi connectivity index (χ2n) is 32.9. The molecule has 0 spiro atoms. The Morgan fingerprint density at radius 3 is 1.54 bits per heavy atom. The Labute approximate surface area is 782 Å². The Balaban J connectivity index is 0.000000126. The van der Waals surface area contributed by atoms with Gasteiger partial charge in [0.1, 0.15) is 22.5 Å². The highest BCUT2D eigenvalue weighted by Crippen LogP contribution is 2.34. The molecule has 6 aromatic heterocycles. The third kappa shape index (κ3) is 27.9. The largest absolute Gasteiger partial charge is 0.482 e. The van der Waals surface area contributed by atoms with E-state index in [-0.39, 0.29) is 47.3 Å². The number of carbonyl (C=O) groups is 3. The van der Waals surface area contributed by atoms with Gasteiger partial charge in [-0.05, 0) is 300 Å². The van der Waals surface area contributed by atoms with Crippen LogP contribution in [0.15, 0.2) is 262 Å². The van der Waals surface area contributed by atoms with E-state index in [0.717, 1.165) is 140 Å². The monoisotopic (exact) mass is 1890 g/mol. The summed E-state index contributed by atoms with van der Waals surface area (Å²) in [6.07, 6.45) is 5.58. The maximum absolute atomic E-state index is 11.1. The highest BCUT2D eigenvalue weighted by atomic mass is 32.2. The molecule has 0 atom stereocenters. The number of hydrogen-bond donors (Lipinski definition) is 14. The number of benzene rings is 12. The minimum Gasteiger partial charge on any atom is -0.482 e. The molecule has 12 heterocycles. The minimum atomic E-state index is -3.32. The van der Waals surface area contributed by atoms with Crippen molar-refractivity contribution in [3.05, 3.63) is 358 Å². The molecule has 12 aromatic carbocycles. The first-order chi connectivity index (χ1) is 64.8. The summed E-state index contributed by atoms with van der Waals surface area (Å²) in [5.41, 5.74) is 31.1. The maximum atomic E-state index is 11.1. The SMILES string of the molecule is Cc1ccc2[nH]c(=O)[nH]c2c1.Cc1ccc2c(c1)NC(=O)C2.Cc1ccc2c(c1)NC(=O)CC2.Cc1ccc2c(c1)NC(=O)CO2.Cc1ccc2c(c1)NS(=O)(=O)C2.Cc1ccc2c(c1)NS(=O)(=O)CO2.Cc1ccc2c(c1)NS(=O)(=O)N2.Cc1ccc2ccc(=O)[nH]c2c1.Cc1ccc2cn[nH]c2c1.Cc1ccc2n[nH]nc2c1.Cc1ccc2nc[nH]c2c1.Cc1ccc2oc(=O)[nH]c2c1. The number of aromatic amines is 7. The van der Waals surface area contributed by atoms with Crippen LogP contribution in [0.3, 0.4) is 0 Å². The van der Waals surface area contributed by atoms with E-state index in [1.807, 2.05) is 227 Å². The normalized spacial score (nSPS) is 13.7. The van der Waals surface area contributed by atoms with Crippen LogP contribution in [0.4, 0.5) is 39.8 Å². The molecule has 0 unspecified atom stereocenters. The van der Waals surface area contributed by atoms with E-state index < -0.39 is 36.0 Å². The Kier molecular flexibility index (Phi) is 31.1. The summed E-state index contributed by atoms with van der Waals surface area (Å²) in [6.45, 7) is 24.0. The van der Waals surface area contributed by atoms with Gasteiger partial charge in [-0.15, -0.1) is 0 Å². The molecule has 700 valence electrons. The van der Waals surface area contributed by atoms with E-state index in [1.165, 1.54) is 44.8 Å². The predicted octanol–water partition coefficient (Wildman–Crippen LogP) is 17.5. The third-order valence-corrected chi connectivity index (χ3v) is 24.1. The number of fused-ring (bicyclic) bond motifs is 12. The molecule has 14 N–H and O–H groups in total. The summed E-state index contributed by atoms with van der Waals surface area (Å²) in [5, 5.41) is 27.9. The van der Waals surface area contributed by atoms with Crippen LogP contribution in [0.25, 0.3) is 66.0 Å². The lowest BCUT2D eigenvalue weighted by molar-refractivity contribution is -0.119. The van der Waals surface area contributed by atoms with Crippen LogP contribution >= 0.6 is 0 Å². The number of rotatable bonds is 0. The van der Waals surface area contributed by atoms with Crippen molar-refractivity contribution in [3.63, 3.8) is 0 Å². The number of oxazole rings is 1. The lowest BCUT2D eigenvalue weighted by Crippen LogP contribution is -2.25. The van der Waals surface area contributed by atoms with Crippen molar-refractivity contribution in [2.75, 3.05) is 47.4 Å². The zero-order chi connectivity index (χ0) is 97.1. The predicted molar refractivity (Wildman–Crippen MR) is 536 cm³/mol. The molecule has 24 rings (SSSR count). The van der Waals surface area contributed by atoms with Gasteiger partial charge in [-0.3, -0.25) is 48.1 Å². The van der Waals surface area contributed by atoms with E-state index in [0.29, 0.717) is 41.2 Å². The van der Waals surface area contributed by atoms with Gasteiger partial charge in [0, 0.05) is 34.8 Å². The zero-order valence-electron chi connectivity index (χ0n) is 76.5. The van der Waals surface area contributed by atoms with Crippen LogP contribution in [-0.2, 0) is 63.2 Å². The lowest BCUT2D eigenvalue weighted by atomic mass is 10.0. The van der Waals surface area contributed by atoms with Gasteiger partial charge in [-0.25, -0.2) is 31.4 Å². The van der Waals surface area contributed by atoms with Crippen molar-refractivity contribution in [3.8, 4) is 11.5 Å². The van der Waals surface area contributed by atoms with Crippen LogP contribution in [-0.4, -0.2) is 111 Å². The first-order valence-corrected chi connectivity index (χ1v) is 47.6. The highest BCUT2D eigenvalue weighted by Gasteiger charge is 2.25. The van der Waals surface area contributed by atoms with Crippen molar-refractivity contribution in [2.24, 2.45) is 0 Å². The highest BCUT2D eigenvalue weighted by molar-refractivity contribution is 7.94. The van der Waals surface area contributed by atoms with Crippen LogP contribution < -0.4 is 61.3 Å². The fourth-order valence-electron chi connectivity index (χ4n) is 14.2. The average molecular weight is 1890 g/mol. The topological polar surface area (TPSA) is 483 Å². The van der Waals surface area contributed by atoms with Crippen LogP contribution in [0.2, 0.25) is 0 Å². The van der Waals surface area contributed by atoms with Gasteiger partial charge in [-0.2, -0.15) is 28.9 Å². The summed E-state index contributed by atoms with van der Waals surface area (Å²) >= 11 is 0. The molecule has 0 fully saturated rings. The number of aromatic nitrogens is 11. The number of nitrogens with zero attached hydrogens (tertiary/aromatic N) is 4. The fraction of sp³-hybridized carbons (Fsp3) is 0.180. The Bertz CT molecular complexity index is 7610. The number of amides is 3. The van der Waals surface area contributed by atoms with E-state index in [9.17, 15) is 54.0 Å². The van der Waals surface area contributed by atoms with E-state index in [2.05, 4.69) is 147 Å². The zero-order valence-corrected chi connectivity index (χ0v) is 78.9. The number of pyridine rings is 1. The number of imidazole rings is 2. The number of nitrogens with one attached hydrogen (secondary N) is 14. The van der Waals surface area contributed by atoms with Gasteiger partial charge in [0.05, 0.1) is 86.2 Å². The molecule has 0 bridgehead atoms. The number of H-pyrrole nitrogens is 7. The number of ether oxygens (including phenoxy) is 2. The van der Waals surface area contributed by atoms with Gasteiger partial charge in [0.2, 0.25) is 33.3 Å². The van der Waals surface area contributed by atoms with E-state index in [4.69, 9.17) is 13.9 Å². The second-order valence-corrected chi connectivity index (χ2v) is 37.7. The molecule has 136 heavy (non-hydrogen) atoms. The molecule has 18 aromatic rings. The number of hydrogen-bond acceptors (Lipinski definition) is 19. The van der Waals surface area contributed by atoms with Crippen molar-refractivity contribution in [1.29, 1.82) is 0 Å². The molecule has 3 amide bonds. The van der Waals surface area contributed by atoms with Crippen molar-refractivity contribution >= 4 is 154 Å². The number of aryl methyl sites for hydroxylation is 13. The van der Waals surface area contributed by atoms with Gasteiger partial charge in [-0.1, -0.05) is 103 Å². The number of sulfonamides is 2. The molecule has 36 heteroatoms. The summed E-state index contributed by atoms with van der Waals surface area (Å²) in [7, 11) is -9.68. The molecule has 0 saturated carbocycles. The van der Waals surface area contributed by atoms with Gasteiger partial charge in [0.15, 0.2) is 12.2 Å². The lowest BCUT2D eigenvalue weighted by Gasteiger charge is -2.19. The molecule has 6 aliphatic rings. The Hall–Kier alpha value is -16.2. The number of carbonyl (C=O) groups excluding carboxylic acids is 3. The summed E-state index contributed by atoms with van der Waals surface area (Å²) in [6, 6.07) is 73.4. The standard InChI is InChI=1S/C10H11NO.C10H9NO.C9H9NO2.C9H9NO.C8H8N2O.2C8H8N2.C8H9NO3S.C8H9NO2S.C8H7NO2.C7H7N3.C7H8N2O2S/c2*1-7-2-3-8-4-5-10(12)11-9(8)6-7;1-6-2-3-8-7(4-6)10-9(11)5-12-8;1-6-2-3-7-5-9(11)10-8(7)4-6;1-5-2-3-6-7(4-5)10-8(11)9-6;1-6-2-3-7-8(4-6)10-5-9-7;1-6-2-3-7-5-9-10-8(7)4-6;1-6-2-3-8-7(4-6)9-13(10,11)5-12-8;1-6-2-3-7-5-12(10,11)9-8(7)4-6;1-5-2-3-7-6(4-5)9-8(10)11-7;1-5-2-3-6-7(4-5)9-10-8-6;1-5-2-3-6-7(4-5)9-12(10,11)8-6/h2-3,6H,4-5H2,1H3,(H,11,12);2-6H,1H3,(H,11,12);2-4H,5H2,1H3,(H,10,11);2-4H,5H2,1H3,(H,10,11);2-4H,1H3,(H2,9,10,11);2*2-5H,1H3,(H,9,10);2-4,9H,5H2,1H3;2-4,9H,5H2,1H3;2-4H,1H3,(H,9,10);2-4H,1H3,(H,8,9,10);2-4,8-9H,1H3. The second kappa shape index (κ2) is 43.4. The summed E-state index contributed by atoms with van der Waals surface area (Å²) in [4.78, 5) is 83.1. The quantitative estimate of drug-likeness (QED) is 0.0670. The first-order valence-electron chi connectivity index (χ1n) is 42.8. The molecule has 6 aliphatic heterocycles. The Morgan fingerprint density at radius 1 is 0.338 bits per heavy atom. The Morgan fingerprint density at radius 2 is 0.831 bits per heavy atom. The molecule has 0 aliphatic carbocycles. The van der Waals surface area contributed by atoms with E-state index in [1.54, 1.807) is 36.7 Å². The van der Waals surface area contributed by atoms with Crippen LogP contribution in [0.1, 0.15) is 89.9 Å². The minimum absolute atomic E-state index is 0.0481. The van der Waals surface area contributed by atoms with Crippen molar-refractivity contribution in [1.82, 2.24) is 55.5 Å². The van der Waals surface area contributed by atoms with Crippen LogP contribution in [0, 0.1) is 83.1 Å². The van der Waals surface area contributed by atoms with Crippen LogP contribution in [0.5, 0.6) is 11.5 Å². The summed E-state index contributed by atoms with van der Waals surface area (Å²) < 4.78 is 91.0. The average Bonchev–Trinajstić information content (AvgIpc) is 1.78. The fourth-order valence-corrected chi connectivity index (χ4v) is 17.3. The van der Waals surface area contributed by atoms with Gasteiger partial charge in [0.25, 0.3) is 15.9 Å². The molecular weight excluding hydrogens is 1790 g/mol. The molecule has 0 saturated heterocycles. The van der Waals surface area contributed by atoms with Gasteiger partial charge < -0.3 is 49.8 Å². The molecule has 0 radical (unpaired) electrons. The van der Waals surface area contributed by atoms with E-state index >= 15 is 0 Å². The molecular formula is C100H102N18O15S3. The smallest absolute Gasteiger partial charge is 0.417 e. The molecule has 33 nitrogen and oxygen atoms in total. The maximum Gasteiger partial charge on any atom is 0.417 e. The van der Waals surface area contributed by atoms with Gasteiger partial charge >= 0.3 is 21.7 Å². The first kappa shape index (κ1) is 97.3. The number of anilines is 7. The van der Waals surface area contributed by atoms with Crippen molar-refractivity contribution in [2.45, 2.75) is 108 Å².